The van der Waals surface area contributed by atoms with E-state index in [0.29, 0.717) is 0 Å². The van der Waals surface area contributed by atoms with Crippen LogP contribution < -0.4 is 0 Å². The molecule has 0 bridgehead atoms. The van der Waals surface area contributed by atoms with Crippen LogP contribution in [0, 0.1) is 0 Å². The number of hydrogen-bond acceptors (Lipinski definition) is 1. The maximum atomic E-state index is 2.83. The molecule has 2 fully saturated rings. The molecule has 100 valence electrons. The molecule has 2 aliphatic rings. The molecule has 2 aliphatic carbocycles. The van der Waals surface area contributed by atoms with Crippen LogP contribution in [0.25, 0.3) is 0 Å². The van der Waals surface area contributed by atoms with Gasteiger partial charge >= 0.3 is 0 Å². The lowest BCUT2D eigenvalue weighted by Crippen LogP contribution is -2.29. The van der Waals surface area contributed by atoms with Gasteiger partial charge in [0.15, 0.2) is 0 Å². The van der Waals surface area contributed by atoms with E-state index in [1.54, 1.807) is 0 Å². The Hall–Kier alpha value is -0.0400. The van der Waals surface area contributed by atoms with Crippen LogP contribution in [-0.2, 0) is 0 Å². The maximum absolute atomic E-state index is 2.83. The van der Waals surface area contributed by atoms with E-state index in [0.717, 1.165) is 12.1 Å². The summed E-state index contributed by atoms with van der Waals surface area (Å²) < 4.78 is 0. The lowest BCUT2D eigenvalue weighted by atomic mass is 10.1. The Balaban J connectivity index is 1.40. The average Bonchev–Trinajstić information content (AvgIpc) is 3.18. The zero-order valence-electron chi connectivity index (χ0n) is 11.8. The van der Waals surface area contributed by atoms with E-state index in [1.807, 2.05) is 0 Å². The first kappa shape index (κ1) is 13.4. The molecule has 0 unspecified atom stereocenters. The average molecular weight is 237 g/mol. The van der Waals surface area contributed by atoms with Gasteiger partial charge in [-0.2, -0.15) is 0 Å². The molecule has 2 rings (SSSR count). The van der Waals surface area contributed by atoms with E-state index in [1.165, 1.54) is 83.6 Å². The van der Waals surface area contributed by atoms with Crippen molar-refractivity contribution < 1.29 is 0 Å². The molecule has 0 N–H and O–H groups in total. The second kappa shape index (κ2) is 7.41. The van der Waals surface area contributed by atoms with Gasteiger partial charge in [-0.3, -0.25) is 4.90 Å². The van der Waals surface area contributed by atoms with Crippen molar-refractivity contribution >= 4 is 0 Å². The van der Waals surface area contributed by atoms with Crippen molar-refractivity contribution in [3.63, 3.8) is 0 Å². The first-order chi connectivity index (χ1) is 8.42. The van der Waals surface area contributed by atoms with Crippen LogP contribution in [0.5, 0.6) is 0 Å². The highest BCUT2D eigenvalue weighted by atomic mass is 15.2. The fourth-order valence-corrected chi connectivity index (χ4v) is 2.90. The Labute approximate surface area is 108 Å². The monoisotopic (exact) mass is 237 g/mol. The minimum absolute atomic E-state index is 1.01. The van der Waals surface area contributed by atoms with Gasteiger partial charge in [0.05, 0.1) is 0 Å². The summed E-state index contributed by atoms with van der Waals surface area (Å²) in [4.78, 5) is 2.83. The number of nitrogens with zero attached hydrogens (tertiary/aromatic N) is 1. The van der Waals surface area contributed by atoms with Gasteiger partial charge < -0.3 is 0 Å². The van der Waals surface area contributed by atoms with Gasteiger partial charge in [-0.15, -0.1) is 0 Å². The van der Waals surface area contributed by atoms with Crippen LogP contribution in [0.15, 0.2) is 0 Å². The summed E-state index contributed by atoms with van der Waals surface area (Å²) in [7, 11) is 0. The van der Waals surface area contributed by atoms with Crippen LogP contribution in [0.1, 0.15) is 84.0 Å². The van der Waals surface area contributed by atoms with Crippen molar-refractivity contribution in [3.8, 4) is 0 Å². The first-order valence-corrected chi connectivity index (χ1v) is 8.17. The highest BCUT2D eigenvalue weighted by molar-refractivity contribution is 4.94. The Morgan fingerprint density at radius 3 is 1.65 bits per heavy atom. The van der Waals surface area contributed by atoms with Gasteiger partial charge in [-0.25, -0.2) is 0 Å². The van der Waals surface area contributed by atoms with E-state index in [4.69, 9.17) is 0 Å². The van der Waals surface area contributed by atoms with E-state index in [-0.39, 0.29) is 0 Å². The second-order valence-electron chi connectivity index (χ2n) is 6.18. The molecule has 0 amide bonds. The third-order valence-electron chi connectivity index (χ3n) is 4.30. The summed E-state index contributed by atoms with van der Waals surface area (Å²) >= 11 is 0. The van der Waals surface area contributed by atoms with Gasteiger partial charge in [0.1, 0.15) is 0 Å². The fraction of sp³-hybridized carbons (Fsp3) is 1.00. The zero-order chi connectivity index (χ0) is 11.9. The molecule has 2 saturated carbocycles. The van der Waals surface area contributed by atoms with Gasteiger partial charge in [0.25, 0.3) is 0 Å². The van der Waals surface area contributed by atoms with Crippen molar-refractivity contribution in [3.05, 3.63) is 0 Å². The Morgan fingerprint density at radius 2 is 1.18 bits per heavy atom. The largest absolute Gasteiger partial charge is 0.297 e. The van der Waals surface area contributed by atoms with E-state index in [2.05, 4.69) is 11.8 Å². The SMILES string of the molecule is CCCCCCCCCCN(C1CC1)C1CC1. The van der Waals surface area contributed by atoms with Crippen molar-refractivity contribution in [1.82, 2.24) is 4.90 Å². The van der Waals surface area contributed by atoms with Crippen LogP contribution in [0.2, 0.25) is 0 Å². The zero-order valence-corrected chi connectivity index (χ0v) is 11.8. The Bertz CT molecular complexity index is 182. The molecule has 0 atom stereocenters. The molecule has 0 aromatic carbocycles. The third kappa shape index (κ3) is 5.42. The van der Waals surface area contributed by atoms with Crippen molar-refractivity contribution in [1.29, 1.82) is 0 Å². The summed E-state index contributed by atoms with van der Waals surface area (Å²) in [5, 5.41) is 0. The summed E-state index contributed by atoms with van der Waals surface area (Å²) in [5.41, 5.74) is 0. The molecule has 0 aliphatic heterocycles. The molecule has 1 nitrogen and oxygen atoms in total. The topological polar surface area (TPSA) is 3.24 Å². The molecule has 0 saturated heterocycles. The number of unbranched alkanes of at least 4 members (excludes halogenated alkanes) is 7. The number of hydrogen-bond donors (Lipinski definition) is 0. The molecule has 0 spiro atoms. The van der Waals surface area contributed by atoms with Crippen molar-refractivity contribution in [2.45, 2.75) is 96.1 Å². The maximum Gasteiger partial charge on any atom is 0.00993 e. The van der Waals surface area contributed by atoms with Crippen LogP contribution in [0.4, 0.5) is 0 Å². The van der Waals surface area contributed by atoms with Gasteiger partial charge in [0.2, 0.25) is 0 Å². The minimum Gasteiger partial charge on any atom is -0.297 e. The summed E-state index contributed by atoms with van der Waals surface area (Å²) in [5.74, 6) is 0. The van der Waals surface area contributed by atoms with E-state index >= 15 is 0 Å². The fourth-order valence-electron chi connectivity index (χ4n) is 2.90. The van der Waals surface area contributed by atoms with Crippen LogP contribution in [-0.4, -0.2) is 23.5 Å². The molecule has 1 heteroatoms. The molecule has 0 heterocycles. The highest BCUT2D eigenvalue weighted by Crippen LogP contribution is 2.37. The standard InChI is InChI=1S/C16H31N/c1-2-3-4-5-6-7-8-9-14-17(15-10-11-15)16-12-13-16/h15-16H,2-14H2,1H3. The van der Waals surface area contributed by atoms with Crippen LogP contribution in [0.3, 0.4) is 0 Å². The van der Waals surface area contributed by atoms with Crippen LogP contribution >= 0.6 is 0 Å². The Morgan fingerprint density at radius 1 is 0.706 bits per heavy atom. The molecule has 17 heavy (non-hydrogen) atoms. The first-order valence-electron chi connectivity index (χ1n) is 8.17. The minimum atomic E-state index is 1.01. The van der Waals surface area contributed by atoms with Gasteiger partial charge in [0, 0.05) is 12.1 Å². The summed E-state index contributed by atoms with van der Waals surface area (Å²) in [6.45, 7) is 3.70. The number of rotatable bonds is 11. The molecular weight excluding hydrogens is 206 g/mol. The molecule has 0 aromatic heterocycles. The van der Waals surface area contributed by atoms with Gasteiger partial charge in [-0.05, 0) is 38.6 Å². The van der Waals surface area contributed by atoms with Crippen molar-refractivity contribution in [2.75, 3.05) is 6.54 Å². The van der Waals surface area contributed by atoms with Crippen molar-refractivity contribution in [2.24, 2.45) is 0 Å². The second-order valence-corrected chi connectivity index (χ2v) is 6.18. The summed E-state index contributed by atoms with van der Waals surface area (Å²) in [6.07, 6.45) is 17.6. The van der Waals surface area contributed by atoms with Gasteiger partial charge in [-0.1, -0.05) is 51.9 Å². The predicted molar refractivity (Wildman–Crippen MR) is 75.4 cm³/mol. The smallest absolute Gasteiger partial charge is 0.00993 e. The van der Waals surface area contributed by atoms with E-state index in [9.17, 15) is 0 Å². The highest BCUT2D eigenvalue weighted by Gasteiger charge is 2.38. The lowest BCUT2D eigenvalue weighted by molar-refractivity contribution is 0.246. The molecular formula is C16H31N. The molecule has 0 aromatic rings. The summed E-state index contributed by atoms with van der Waals surface area (Å²) in [6, 6.07) is 2.01. The third-order valence-corrected chi connectivity index (χ3v) is 4.30. The lowest BCUT2D eigenvalue weighted by Gasteiger charge is -2.21. The predicted octanol–water partition coefficient (Wildman–Crippen LogP) is 4.75. The van der Waals surface area contributed by atoms with E-state index < -0.39 is 0 Å². The molecule has 0 radical (unpaired) electrons. The quantitative estimate of drug-likeness (QED) is 0.469. The Kier molecular flexibility index (Phi) is 5.84. The normalized spacial score (nSPS) is 20.1.